The first-order valence-corrected chi connectivity index (χ1v) is 9.36. The van der Waals surface area contributed by atoms with E-state index in [4.69, 9.17) is 0 Å². The number of phosphoric acid groups is 1. The number of hydrogen-bond acceptors (Lipinski definition) is 4. The minimum Gasteiger partial charge on any atom is -0.756 e. The lowest BCUT2D eigenvalue weighted by atomic mass is 10.4. The third-order valence-corrected chi connectivity index (χ3v) is 5.71. The Morgan fingerprint density at radius 3 is 1.45 bits per heavy atom. The third kappa shape index (κ3) is 7.17. The standard InChI is InChI=1S/C12H10I.C2H7O4P/c1-3-7-11(8-4-1)13-12-9-5-2-6-10-12;1-5-7(3,4)6-2/h1-10H;1-2H3,(H,3,4)/q+1;/p-1. The summed E-state index contributed by atoms with van der Waals surface area (Å²) in [7, 11) is -1.83. The molecule has 0 aromatic heterocycles. The average Bonchev–Trinajstić information content (AvgIpc) is 2.50. The maximum absolute atomic E-state index is 9.95. The second kappa shape index (κ2) is 9.26. The zero-order valence-electron chi connectivity index (χ0n) is 11.2. The van der Waals surface area contributed by atoms with E-state index in [1.165, 1.54) is 7.14 Å². The van der Waals surface area contributed by atoms with Crippen LogP contribution in [0.2, 0.25) is 0 Å². The van der Waals surface area contributed by atoms with Gasteiger partial charge in [-0.15, -0.1) is 0 Å². The van der Waals surface area contributed by atoms with Crippen molar-refractivity contribution in [2.24, 2.45) is 0 Å². The number of halogens is 1. The highest BCUT2D eigenvalue weighted by molar-refractivity contribution is 7.45. The monoisotopic (exact) mass is 406 g/mol. The molecule has 6 heteroatoms. The first-order chi connectivity index (χ1) is 9.57. The summed E-state index contributed by atoms with van der Waals surface area (Å²) in [6.45, 7) is 0. The Bertz CT molecular complexity index is 488. The van der Waals surface area contributed by atoms with Crippen molar-refractivity contribution in [2.75, 3.05) is 14.2 Å². The van der Waals surface area contributed by atoms with Crippen molar-refractivity contribution in [1.82, 2.24) is 0 Å². The first-order valence-electron chi connectivity index (χ1n) is 5.75. The van der Waals surface area contributed by atoms with Gasteiger partial charge in [0, 0.05) is 14.2 Å². The van der Waals surface area contributed by atoms with Crippen molar-refractivity contribution in [2.45, 2.75) is 0 Å². The van der Waals surface area contributed by atoms with Gasteiger partial charge in [0.15, 0.2) is 7.14 Å². The van der Waals surface area contributed by atoms with Crippen molar-refractivity contribution in [3.63, 3.8) is 0 Å². The highest BCUT2D eigenvalue weighted by Gasteiger charge is 2.12. The molecule has 0 atom stereocenters. The summed E-state index contributed by atoms with van der Waals surface area (Å²) in [5, 5.41) is 0. The van der Waals surface area contributed by atoms with Crippen molar-refractivity contribution in [3.05, 3.63) is 67.8 Å². The molecule has 0 spiro atoms. The SMILES string of the molecule is COP(=O)([O-])OC.c1ccc([I+]c2ccccc2)cc1. The zero-order chi connectivity index (χ0) is 14.8. The summed E-state index contributed by atoms with van der Waals surface area (Å²) >= 11 is 0.0287. The van der Waals surface area contributed by atoms with Crippen molar-refractivity contribution >= 4 is 7.82 Å². The summed E-state index contributed by atoms with van der Waals surface area (Å²) in [5.41, 5.74) is 0. The van der Waals surface area contributed by atoms with E-state index in [1.807, 2.05) is 0 Å². The molecule has 2 rings (SSSR count). The van der Waals surface area contributed by atoms with E-state index in [1.54, 1.807) is 0 Å². The molecule has 4 nitrogen and oxygen atoms in total. The van der Waals surface area contributed by atoms with E-state index in [-0.39, 0.29) is 21.2 Å². The van der Waals surface area contributed by atoms with Crippen molar-refractivity contribution < 1.29 is 39.7 Å². The minimum atomic E-state index is -3.90. The lowest BCUT2D eigenvalue weighted by molar-refractivity contribution is -0.597. The Hall–Kier alpha value is -0.720. The van der Waals surface area contributed by atoms with Crippen LogP contribution in [0.5, 0.6) is 0 Å². The lowest BCUT2D eigenvalue weighted by Crippen LogP contribution is -3.61. The predicted molar refractivity (Wildman–Crippen MR) is 71.9 cm³/mol. The molecule has 0 bridgehead atoms. The van der Waals surface area contributed by atoms with Gasteiger partial charge in [-0.05, 0) is 24.3 Å². The van der Waals surface area contributed by atoms with Gasteiger partial charge >= 0.3 is 21.2 Å². The molecule has 108 valence electrons. The third-order valence-electron chi connectivity index (χ3n) is 2.13. The van der Waals surface area contributed by atoms with Gasteiger partial charge in [-0.2, -0.15) is 0 Å². The van der Waals surface area contributed by atoms with Gasteiger partial charge in [0.25, 0.3) is 7.82 Å². The Labute approximate surface area is 129 Å². The van der Waals surface area contributed by atoms with Crippen LogP contribution in [-0.2, 0) is 13.6 Å². The smallest absolute Gasteiger partial charge is 0.357 e. The molecule has 0 fully saturated rings. The summed E-state index contributed by atoms with van der Waals surface area (Å²) in [4.78, 5) is 9.95. The number of hydrogen-bond donors (Lipinski definition) is 0. The van der Waals surface area contributed by atoms with Gasteiger partial charge in [0.1, 0.15) is 0 Å². The first kappa shape index (κ1) is 17.3. The topological polar surface area (TPSA) is 58.6 Å². The maximum Gasteiger partial charge on any atom is 0.357 e. The van der Waals surface area contributed by atoms with Crippen LogP contribution in [-0.4, -0.2) is 14.2 Å². The molecule has 0 heterocycles. The fraction of sp³-hybridized carbons (Fsp3) is 0.143. The maximum atomic E-state index is 9.95. The molecule has 20 heavy (non-hydrogen) atoms. The van der Waals surface area contributed by atoms with Crippen molar-refractivity contribution in [3.8, 4) is 0 Å². The second-order valence-corrected chi connectivity index (χ2v) is 8.15. The van der Waals surface area contributed by atoms with Gasteiger partial charge < -0.3 is 13.9 Å². The van der Waals surface area contributed by atoms with Crippen LogP contribution in [0, 0.1) is 7.14 Å². The van der Waals surface area contributed by atoms with Crippen LogP contribution in [0.1, 0.15) is 0 Å². The molecule has 2 aromatic carbocycles. The normalized spacial score (nSPS) is 10.6. The minimum absolute atomic E-state index is 0.0287. The molecular weight excluding hydrogens is 390 g/mol. The molecule has 0 unspecified atom stereocenters. The van der Waals surface area contributed by atoms with Crippen molar-refractivity contribution in [1.29, 1.82) is 0 Å². The van der Waals surface area contributed by atoms with Crippen LogP contribution in [0.3, 0.4) is 0 Å². The predicted octanol–water partition coefficient (Wildman–Crippen LogP) is -0.437. The number of rotatable bonds is 4. The second-order valence-electron chi connectivity index (χ2n) is 3.50. The van der Waals surface area contributed by atoms with Crippen LogP contribution in [0.15, 0.2) is 60.7 Å². The van der Waals surface area contributed by atoms with Gasteiger partial charge in [-0.25, -0.2) is 0 Å². The van der Waals surface area contributed by atoms with Gasteiger partial charge in [0.05, 0.1) is 0 Å². The summed E-state index contributed by atoms with van der Waals surface area (Å²) in [6.07, 6.45) is 0. The molecule has 0 saturated heterocycles. The molecule has 2 aromatic rings. The highest BCUT2D eigenvalue weighted by Crippen LogP contribution is 2.34. The lowest BCUT2D eigenvalue weighted by Gasteiger charge is -2.16. The molecule has 0 amide bonds. The van der Waals surface area contributed by atoms with E-state index in [0.717, 1.165) is 14.2 Å². The molecule has 0 N–H and O–H groups in total. The van der Waals surface area contributed by atoms with Crippen LogP contribution >= 0.6 is 7.82 Å². The Balaban J connectivity index is 0.000000246. The van der Waals surface area contributed by atoms with Crippen LogP contribution in [0.4, 0.5) is 0 Å². The molecular formula is C14H16IO4P. The van der Waals surface area contributed by atoms with E-state index >= 15 is 0 Å². The number of benzene rings is 2. The summed E-state index contributed by atoms with van der Waals surface area (Å²) < 4.78 is 20.6. The van der Waals surface area contributed by atoms with E-state index in [9.17, 15) is 9.46 Å². The van der Waals surface area contributed by atoms with Crippen LogP contribution < -0.4 is 26.1 Å². The highest BCUT2D eigenvalue weighted by atomic mass is 127. The fourth-order valence-corrected chi connectivity index (χ4v) is 3.57. The molecule has 0 radical (unpaired) electrons. The van der Waals surface area contributed by atoms with Crippen LogP contribution in [0.25, 0.3) is 0 Å². The Morgan fingerprint density at radius 1 is 0.850 bits per heavy atom. The number of phosphoric ester groups is 1. The van der Waals surface area contributed by atoms with E-state index < -0.39 is 7.82 Å². The largest absolute Gasteiger partial charge is 0.756 e. The molecule has 0 aliphatic heterocycles. The van der Waals surface area contributed by atoms with Gasteiger partial charge in [-0.3, -0.25) is 4.57 Å². The molecule has 0 aliphatic carbocycles. The fourth-order valence-electron chi connectivity index (χ4n) is 1.16. The van der Waals surface area contributed by atoms with Gasteiger partial charge in [0.2, 0.25) is 0 Å². The summed E-state index contributed by atoms with van der Waals surface area (Å²) in [6, 6.07) is 21.4. The van der Waals surface area contributed by atoms with E-state index in [0.29, 0.717) is 0 Å². The van der Waals surface area contributed by atoms with Gasteiger partial charge in [-0.1, -0.05) is 36.4 Å². The average molecular weight is 406 g/mol. The molecule has 0 saturated carbocycles. The quantitative estimate of drug-likeness (QED) is 0.511. The zero-order valence-corrected chi connectivity index (χ0v) is 14.3. The van der Waals surface area contributed by atoms with E-state index in [2.05, 4.69) is 69.7 Å². The molecule has 0 aliphatic rings. The Morgan fingerprint density at radius 2 is 1.20 bits per heavy atom. The Kier molecular flexibility index (Phi) is 8.02. The summed E-state index contributed by atoms with van der Waals surface area (Å²) in [5.74, 6) is 0.